The normalized spacial score (nSPS) is 10.1. The summed E-state index contributed by atoms with van der Waals surface area (Å²) in [6.07, 6.45) is 3.14. The molecule has 0 fully saturated rings. The molecule has 0 aliphatic rings. The molecular weight excluding hydrogens is 138 g/mol. The van der Waals surface area contributed by atoms with Crippen molar-refractivity contribution in [2.45, 2.75) is 20.3 Å². The van der Waals surface area contributed by atoms with Crippen LogP contribution in [0.1, 0.15) is 19.2 Å². The molecule has 0 spiro atoms. The van der Waals surface area contributed by atoms with Gasteiger partial charge >= 0.3 is 0 Å². The Hall–Kier alpha value is -0.990. The lowest BCUT2D eigenvalue weighted by Gasteiger charge is -1.96. The highest BCUT2D eigenvalue weighted by Crippen LogP contribution is 2.04. The van der Waals surface area contributed by atoms with Crippen molar-refractivity contribution in [2.24, 2.45) is 7.05 Å². The van der Waals surface area contributed by atoms with E-state index >= 15 is 0 Å². The largest absolute Gasteiger partial charge is 0.369 e. The fourth-order valence-corrected chi connectivity index (χ4v) is 0.897. The van der Waals surface area contributed by atoms with Gasteiger partial charge in [0, 0.05) is 19.8 Å². The fourth-order valence-electron chi connectivity index (χ4n) is 0.897. The summed E-state index contributed by atoms with van der Waals surface area (Å²) in [5.41, 5.74) is 0. The van der Waals surface area contributed by atoms with Gasteiger partial charge in [-0.15, -0.1) is 0 Å². The third-order valence-electron chi connectivity index (χ3n) is 1.66. The van der Waals surface area contributed by atoms with E-state index in [0.29, 0.717) is 0 Å². The molecule has 0 aromatic carbocycles. The van der Waals surface area contributed by atoms with Gasteiger partial charge in [0.25, 0.3) is 0 Å². The van der Waals surface area contributed by atoms with Gasteiger partial charge in [0.05, 0.1) is 0 Å². The van der Waals surface area contributed by atoms with Gasteiger partial charge < -0.3 is 9.88 Å². The van der Waals surface area contributed by atoms with E-state index in [0.717, 1.165) is 24.6 Å². The summed E-state index contributed by atoms with van der Waals surface area (Å²) in [7, 11) is 2.00. The first kappa shape index (κ1) is 8.11. The Morgan fingerprint density at radius 1 is 1.64 bits per heavy atom. The molecule has 1 aromatic heterocycles. The van der Waals surface area contributed by atoms with E-state index in [4.69, 9.17) is 0 Å². The maximum atomic E-state index is 4.30. The number of nitrogens with one attached hydrogen (secondary N) is 1. The number of hydrogen-bond donors (Lipinski definition) is 1. The summed E-state index contributed by atoms with van der Waals surface area (Å²) < 4.78 is 2.01. The van der Waals surface area contributed by atoms with Crippen molar-refractivity contribution < 1.29 is 0 Å². The molecule has 0 unspecified atom stereocenters. The van der Waals surface area contributed by atoms with Gasteiger partial charge in [0.1, 0.15) is 11.6 Å². The molecule has 3 heteroatoms. The summed E-state index contributed by atoms with van der Waals surface area (Å²) in [6.45, 7) is 5.14. The molecule has 1 heterocycles. The second kappa shape index (κ2) is 3.42. The van der Waals surface area contributed by atoms with Crippen LogP contribution >= 0.6 is 0 Å². The average molecular weight is 153 g/mol. The number of anilines is 1. The minimum atomic E-state index is 0.979. The second-order valence-corrected chi connectivity index (χ2v) is 2.71. The summed E-state index contributed by atoms with van der Waals surface area (Å²) in [5, 5.41) is 3.22. The lowest BCUT2D eigenvalue weighted by Crippen LogP contribution is -1.99. The first-order valence-electron chi connectivity index (χ1n) is 3.98. The Kier molecular flexibility index (Phi) is 2.52. The highest BCUT2D eigenvalue weighted by molar-refractivity contribution is 5.32. The van der Waals surface area contributed by atoms with E-state index < -0.39 is 0 Å². The lowest BCUT2D eigenvalue weighted by atomic mass is 10.5. The molecule has 1 aromatic rings. The van der Waals surface area contributed by atoms with Crippen molar-refractivity contribution in [3.8, 4) is 0 Å². The van der Waals surface area contributed by atoms with Gasteiger partial charge in [0.15, 0.2) is 0 Å². The van der Waals surface area contributed by atoms with Gasteiger partial charge in [-0.05, 0) is 13.3 Å². The van der Waals surface area contributed by atoms with E-state index in [9.17, 15) is 0 Å². The van der Waals surface area contributed by atoms with Crippen LogP contribution in [0.2, 0.25) is 0 Å². The molecule has 0 saturated heterocycles. The van der Waals surface area contributed by atoms with Crippen LogP contribution in [0.15, 0.2) is 6.20 Å². The van der Waals surface area contributed by atoms with Gasteiger partial charge in [-0.3, -0.25) is 0 Å². The van der Waals surface area contributed by atoms with Gasteiger partial charge in [-0.2, -0.15) is 0 Å². The zero-order valence-corrected chi connectivity index (χ0v) is 7.39. The van der Waals surface area contributed by atoms with Crippen molar-refractivity contribution in [3.63, 3.8) is 0 Å². The first-order valence-corrected chi connectivity index (χ1v) is 3.98. The van der Waals surface area contributed by atoms with Crippen LogP contribution in [0.25, 0.3) is 0 Å². The first-order chi connectivity index (χ1) is 5.24. The number of aromatic nitrogens is 2. The highest BCUT2D eigenvalue weighted by atomic mass is 15.1. The molecule has 1 rings (SSSR count). The molecule has 0 aliphatic carbocycles. The van der Waals surface area contributed by atoms with Crippen LogP contribution in [0.5, 0.6) is 0 Å². The topological polar surface area (TPSA) is 29.9 Å². The average Bonchev–Trinajstić information content (AvgIpc) is 2.28. The molecule has 0 radical (unpaired) electrons. The summed E-state index contributed by atoms with van der Waals surface area (Å²) >= 11 is 0. The summed E-state index contributed by atoms with van der Waals surface area (Å²) in [4.78, 5) is 4.30. The zero-order valence-electron chi connectivity index (χ0n) is 7.39. The molecule has 0 saturated carbocycles. The van der Waals surface area contributed by atoms with Crippen molar-refractivity contribution >= 4 is 5.82 Å². The third-order valence-corrected chi connectivity index (χ3v) is 1.66. The van der Waals surface area contributed by atoms with Crippen LogP contribution in [0, 0.1) is 6.92 Å². The molecule has 0 atom stereocenters. The Bertz CT molecular complexity index is 208. The van der Waals surface area contributed by atoms with Crippen molar-refractivity contribution in [3.05, 3.63) is 12.0 Å². The minimum absolute atomic E-state index is 0.979. The number of imidazole rings is 1. The molecule has 0 bridgehead atoms. The van der Waals surface area contributed by atoms with E-state index in [2.05, 4.69) is 17.2 Å². The molecule has 11 heavy (non-hydrogen) atoms. The van der Waals surface area contributed by atoms with Gasteiger partial charge in [0.2, 0.25) is 0 Å². The lowest BCUT2D eigenvalue weighted by molar-refractivity contribution is 0.858. The van der Waals surface area contributed by atoms with Gasteiger partial charge in [-0.1, -0.05) is 6.92 Å². The van der Waals surface area contributed by atoms with Crippen LogP contribution in [0.3, 0.4) is 0 Å². The predicted octanol–water partition coefficient (Wildman–Crippen LogP) is 1.55. The van der Waals surface area contributed by atoms with E-state index in [1.807, 2.05) is 24.7 Å². The third kappa shape index (κ3) is 1.97. The molecule has 3 nitrogen and oxygen atoms in total. The quantitative estimate of drug-likeness (QED) is 0.714. The van der Waals surface area contributed by atoms with Gasteiger partial charge in [-0.25, -0.2) is 4.98 Å². The Morgan fingerprint density at radius 3 is 2.82 bits per heavy atom. The number of nitrogens with zero attached hydrogens (tertiary/aromatic N) is 2. The molecule has 1 N–H and O–H groups in total. The monoisotopic (exact) mass is 153 g/mol. The number of aryl methyl sites for hydroxylation is 2. The summed E-state index contributed by atoms with van der Waals surface area (Å²) in [6, 6.07) is 0. The van der Waals surface area contributed by atoms with Crippen LogP contribution in [-0.2, 0) is 7.05 Å². The summed E-state index contributed by atoms with van der Waals surface area (Å²) in [5.74, 6) is 2.02. The Balaban J connectivity index is 2.58. The van der Waals surface area contributed by atoms with Crippen LogP contribution in [0.4, 0.5) is 5.82 Å². The minimum Gasteiger partial charge on any atom is -0.369 e. The van der Waals surface area contributed by atoms with Crippen molar-refractivity contribution in [1.82, 2.24) is 9.55 Å². The molecule has 0 aliphatic heterocycles. The number of hydrogen-bond acceptors (Lipinski definition) is 2. The zero-order chi connectivity index (χ0) is 8.27. The SMILES string of the molecule is CCCNc1cn(C)c(C)n1. The maximum absolute atomic E-state index is 4.30. The smallest absolute Gasteiger partial charge is 0.144 e. The van der Waals surface area contributed by atoms with Crippen molar-refractivity contribution in [1.29, 1.82) is 0 Å². The van der Waals surface area contributed by atoms with Crippen molar-refractivity contribution in [2.75, 3.05) is 11.9 Å². The highest BCUT2D eigenvalue weighted by Gasteiger charge is 1.97. The standard InChI is InChI=1S/C8H15N3/c1-4-5-9-8-6-11(3)7(2)10-8/h6,9H,4-5H2,1-3H3. The molecule has 0 amide bonds. The predicted molar refractivity (Wildman–Crippen MR) is 46.7 cm³/mol. The second-order valence-electron chi connectivity index (χ2n) is 2.71. The van der Waals surface area contributed by atoms with Crippen LogP contribution in [-0.4, -0.2) is 16.1 Å². The Morgan fingerprint density at radius 2 is 2.36 bits per heavy atom. The van der Waals surface area contributed by atoms with E-state index in [1.54, 1.807) is 0 Å². The molecule has 62 valence electrons. The maximum Gasteiger partial charge on any atom is 0.144 e. The van der Waals surface area contributed by atoms with E-state index in [-0.39, 0.29) is 0 Å². The number of rotatable bonds is 3. The van der Waals surface area contributed by atoms with Crippen LogP contribution < -0.4 is 5.32 Å². The molecular formula is C8H15N3. The van der Waals surface area contributed by atoms with E-state index in [1.165, 1.54) is 0 Å². The Labute approximate surface area is 67.4 Å². The fraction of sp³-hybridized carbons (Fsp3) is 0.625.